The lowest BCUT2D eigenvalue weighted by atomic mass is 10.1. The summed E-state index contributed by atoms with van der Waals surface area (Å²) >= 11 is 0. The number of hydrogen-bond donors (Lipinski definition) is 1. The molecule has 1 aromatic carbocycles. The molecule has 0 radical (unpaired) electrons. The van der Waals surface area contributed by atoms with Crippen molar-refractivity contribution in [2.24, 2.45) is 0 Å². The highest BCUT2D eigenvalue weighted by molar-refractivity contribution is 5.70. The summed E-state index contributed by atoms with van der Waals surface area (Å²) in [5.41, 5.74) is 6.66. The number of anilines is 1. The van der Waals surface area contributed by atoms with Crippen molar-refractivity contribution in [1.29, 1.82) is 0 Å². The monoisotopic (exact) mass is 233 g/mol. The van der Waals surface area contributed by atoms with E-state index in [1.807, 2.05) is 0 Å². The lowest BCUT2D eigenvalue weighted by molar-refractivity contribution is 0.416. The second-order valence-corrected chi connectivity index (χ2v) is 4.72. The number of nitrogens with two attached hydrogens (primary N) is 1. The van der Waals surface area contributed by atoms with E-state index < -0.39 is 0 Å². The zero-order valence-electron chi connectivity index (χ0n) is 9.40. The van der Waals surface area contributed by atoms with Gasteiger partial charge in [0.1, 0.15) is 5.82 Å². The van der Waals surface area contributed by atoms with Gasteiger partial charge in [-0.15, -0.1) is 0 Å². The fourth-order valence-electron chi connectivity index (χ4n) is 1.72. The van der Waals surface area contributed by atoms with Crippen molar-refractivity contribution >= 4 is 5.69 Å². The molecule has 1 saturated carbocycles. The van der Waals surface area contributed by atoms with Gasteiger partial charge in [0.2, 0.25) is 0 Å². The third kappa shape index (κ3) is 1.67. The molecule has 0 saturated heterocycles. The molecule has 1 aromatic heterocycles. The highest BCUT2D eigenvalue weighted by Crippen LogP contribution is 2.46. The van der Waals surface area contributed by atoms with Crippen LogP contribution in [0.3, 0.4) is 0 Å². The van der Waals surface area contributed by atoms with Crippen LogP contribution in [0.15, 0.2) is 22.7 Å². The molecule has 88 valence electrons. The molecule has 0 atom stereocenters. The summed E-state index contributed by atoms with van der Waals surface area (Å²) in [6.07, 6.45) is 2.15. The minimum atomic E-state index is -0.375. The van der Waals surface area contributed by atoms with Gasteiger partial charge < -0.3 is 10.3 Å². The lowest BCUT2D eigenvalue weighted by Crippen LogP contribution is -2.02. The molecule has 4 nitrogen and oxygen atoms in total. The van der Waals surface area contributed by atoms with Crippen LogP contribution in [0.5, 0.6) is 0 Å². The van der Waals surface area contributed by atoms with Crippen molar-refractivity contribution in [3.05, 3.63) is 29.8 Å². The van der Waals surface area contributed by atoms with Crippen LogP contribution < -0.4 is 5.73 Å². The number of benzene rings is 1. The predicted octanol–water partition coefficient (Wildman–Crippen LogP) is 2.51. The molecule has 3 rings (SSSR count). The summed E-state index contributed by atoms with van der Waals surface area (Å²) < 4.78 is 18.1. The van der Waals surface area contributed by atoms with E-state index in [0.29, 0.717) is 23.0 Å². The highest BCUT2D eigenvalue weighted by Gasteiger charge is 2.43. The Morgan fingerprint density at radius 1 is 1.41 bits per heavy atom. The van der Waals surface area contributed by atoms with Crippen molar-refractivity contribution in [3.8, 4) is 11.5 Å². The van der Waals surface area contributed by atoms with Gasteiger partial charge >= 0.3 is 0 Å². The maximum absolute atomic E-state index is 12.9. The fraction of sp³-hybridized carbons (Fsp3) is 0.333. The SMILES string of the molecule is CC1(c2noc(-c3ccc(F)cc3N)n2)CC1. The van der Waals surface area contributed by atoms with Gasteiger partial charge in [0.15, 0.2) is 5.82 Å². The van der Waals surface area contributed by atoms with Crippen LogP contribution in [-0.2, 0) is 5.41 Å². The number of halogens is 1. The van der Waals surface area contributed by atoms with Crippen LogP contribution in [0.1, 0.15) is 25.6 Å². The van der Waals surface area contributed by atoms with Gasteiger partial charge in [-0.3, -0.25) is 0 Å². The first-order valence-corrected chi connectivity index (χ1v) is 5.48. The van der Waals surface area contributed by atoms with Crippen molar-refractivity contribution in [2.75, 3.05) is 5.73 Å². The maximum atomic E-state index is 12.9. The Hall–Kier alpha value is -1.91. The molecular formula is C12H12FN3O. The number of nitrogens with zero attached hydrogens (tertiary/aromatic N) is 2. The first kappa shape index (κ1) is 10.3. The number of aromatic nitrogens is 2. The Labute approximate surface area is 97.6 Å². The number of rotatable bonds is 2. The third-order valence-electron chi connectivity index (χ3n) is 3.21. The molecule has 5 heteroatoms. The van der Waals surface area contributed by atoms with E-state index in [0.717, 1.165) is 12.8 Å². The van der Waals surface area contributed by atoms with E-state index in [4.69, 9.17) is 10.3 Å². The van der Waals surface area contributed by atoms with Gasteiger partial charge in [-0.05, 0) is 31.0 Å². The Balaban J connectivity index is 2.01. The van der Waals surface area contributed by atoms with Crippen molar-refractivity contribution in [1.82, 2.24) is 10.1 Å². The Morgan fingerprint density at radius 3 is 2.82 bits per heavy atom. The van der Waals surface area contributed by atoms with Crippen LogP contribution in [0.4, 0.5) is 10.1 Å². The summed E-state index contributed by atoms with van der Waals surface area (Å²) in [4.78, 5) is 4.32. The Bertz CT molecular complexity index is 575. The molecular weight excluding hydrogens is 221 g/mol. The zero-order valence-corrected chi connectivity index (χ0v) is 9.40. The summed E-state index contributed by atoms with van der Waals surface area (Å²) in [6.45, 7) is 2.09. The molecule has 0 aliphatic heterocycles. The first-order chi connectivity index (χ1) is 8.08. The summed E-state index contributed by atoms with van der Waals surface area (Å²) in [5.74, 6) is 0.682. The average Bonchev–Trinajstić information content (AvgIpc) is 2.85. The normalized spacial score (nSPS) is 17.1. The van der Waals surface area contributed by atoms with E-state index in [2.05, 4.69) is 17.1 Å². The summed E-state index contributed by atoms with van der Waals surface area (Å²) in [5, 5.41) is 3.95. The molecule has 0 amide bonds. The lowest BCUT2D eigenvalue weighted by Gasteiger charge is -2.00. The van der Waals surface area contributed by atoms with Gasteiger partial charge in [0.25, 0.3) is 5.89 Å². The van der Waals surface area contributed by atoms with Crippen LogP contribution >= 0.6 is 0 Å². The molecule has 1 aliphatic rings. The van der Waals surface area contributed by atoms with E-state index in [1.54, 1.807) is 6.07 Å². The molecule has 1 aliphatic carbocycles. The standard InChI is InChI=1S/C12H12FN3O/c1-12(4-5-12)11-15-10(17-16-11)8-3-2-7(13)6-9(8)14/h2-3,6H,4-5,14H2,1H3. The van der Waals surface area contributed by atoms with Crippen LogP contribution in [0.25, 0.3) is 11.5 Å². The Kier molecular flexibility index (Phi) is 1.98. The third-order valence-corrected chi connectivity index (χ3v) is 3.21. The zero-order chi connectivity index (χ0) is 12.0. The van der Waals surface area contributed by atoms with E-state index >= 15 is 0 Å². The molecule has 0 bridgehead atoms. The summed E-state index contributed by atoms with van der Waals surface area (Å²) in [7, 11) is 0. The second kappa shape index (κ2) is 3.29. The largest absolute Gasteiger partial charge is 0.398 e. The molecule has 2 aromatic rings. The van der Waals surface area contributed by atoms with Gasteiger partial charge in [0.05, 0.1) is 5.56 Å². The van der Waals surface area contributed by atoms with E-state index in [9.17, 15) is 4.39 Å². The Morgan fingerprint density at radius 2 is 2.18 bits per heavy atom. The molecule has 17 heavy (non-hydrogen) atoms. The van der Waals surface area contributed by atoms with Crippen molar-refractivity contribution in [2.45, 2.75) is 25.2 Å². The molecule has 2 N–H and O–H groups in total. The first-order valence-electron chi connectivity index (χ1n) is 5.48. The van der Waals surface area contributed by atoms with Crippen molar-refractivity contribution < 1.29 is 8.91 Å². The minimum absolute atomic E-state index is 0.0521. The van der Waals surface area contributed by atoms with Crippen molar-refractivity contribution in [3.63, 3.8) is 0 Å². The quantitative estimate of drug-likeness (QED) is 0.809. The average molecular weight is 233 g/mol. The topological polar surface area (TPSA) is 64.9 Å². The van der Waals surface area contributed by atoms with Crippen LogP contribution in [0, 0.1) is 5.82 Å². The minimum Gasteiger partial charge on any atom is -0.398 e. The number of nitrogen functional groups attached to an aromatic ring is 1. The fourth-order valence-corrected chi connectivity index (χ4v) is 1.72. The van der Waals surface area contributed by atoms with Gasteiger partial charge in [-0.2, -0.15) is 4.98 Å². The van der Waals surface area contributed by atoms with Gasteiger partial charge in [-0.1, -0.05) is 12.1 Å². The second-order valence-electron chi connectivity index (χ2n) is 4.72. The van der Waals surface area contributed by atoms with Gasteiger partial charge in [-0.25, -0.2) is 4.39 Å². The summed E-state index contributed by atoms with van der Waals surface area (Å²) in [6, 6.07) is 4.13. The number of hydrogen-bond acceptors (Lipinski definition) is 4. The molecule has 0 spiro atoms. The smallest absolute Gasteiger partial charge is 0.260 e. The molecule has 1 heterocycles. The van der Waals surface area contributed by atoms with Gasteiger partial charge in [0, 0.05) is 11.1 Å². The highest BCUT2D eigenvalue weighted by atomic mass is 19.1. The molecule has 1 fully saturated rings. The van der Waals surface area contributed by atoms with E-state index in [1.165, 1.54) is 12.1 Å². The predicted molar refractivity (Wildman–Crippen MR) is 60.7 cm³/mol. The van der Waals surface area contributed by atoms with Crippen LogP contribution in [0.2, 0.25) is 0 Å². The maximum Gasteiger partial charge on any atom is 0.260 e. The van der Waals surface area contributed by atoms with E-state index in [-0.39, 0.29) is 11.2 Å². The van der Waals surface area contributed by atoms with Crippen LogP contribution in [-0.4, -0.2) is 10.1 Å². The molecule has 0 unspecified atom stereocenters.